The summed E-state index contributed by atoms with van der Waals surface area (Å²) in [5.41, 5.74) is -1.26. The van der Waals surface area contributed by atoms with E-state index in [1.807, 2.05) is 6.92 Å². The topological polar surface area (TPSA) is 71.0 Å². The summed E-state index contributed by atoms with van der Waals surface area (Å²) in [6.45, 7) is 3.40. The van der Waals surface area contributed by atoms with Crippen LogP contribution >= 0.6 is 0 Å². The minimum atomic E-state index is -1.26. The second kappa shape index (κ2) is 4.12. The minimum absolute atomic E-state index is 0.219. The fraction of sp³-hybridized carbons (Fsp3) is 1.00. The second-order valence-electron chi connectivity index (χ2n) is 3.88. The Labute approximate surface area is 84.0 Å². The van der Waals surface area contributed by atoms with Crippen molar-refractivity contribution in [3.8, 4) is 0 Å². The molecular weight excluding hydrogens is 186 g/mol. The quantitative estimate of drug-likeness (QED) is 0.544. The molecule has 1 aliphatic rings. The van der Waals surface area contributed by atoms with Gasteiger partial charge in [0.2, 0.25) is 0 Å². The molecule has 3 N–H and O–H groups in total. The fourth-order valence-corrected chi connectivity index (χ4v) is 2.01. The molecule has 14 heavy (non-hydrogen) atoms. The molecule has 0 spiro atoms. The van der Waals surface area contributed by atoms with Gasteiger partial charge in [-0.3, -0.25) is 0 Å². The first kappa shape index (κ1) is 11.9. The highest BCUT2D eigenvalue weighted by molar-refractivity contribution is 5.01. The first-order chi connectivity index (χ1) is 6.45. The van der Waals surface area contributed by atoms with Crippen LogP contribution in [0.3, 0.4) is 0 Å². The fourth-order valence-electron chi connectivity index (χ4n) is 2.01. The van der Waals surface area contributed by atoms with Gasteiger partial charge in [-0.15, -0.1) is 0 Å². The van der Waals surface area contributed by atoms with Crippen LogP contribution < -0.4 is 5.32 Å². The van der Waals surface area contributed by atoms with Gasteiger partial charge in [-0.25, -0.2) is 0 Å². The molecule has 0 aromatic rings. The molecule has 84 valence electrons. The normalized spacial score (nSPS) is 49.3. The predicted molar refractivity (Wildman–Crippen MR) is 50.8 cm³/mol. The molecule has 0 unspecified atom stereocenters. The standard InChI is InChI=1S/C9H19NO4/c1-5-6(10-3)9(2,12)7(11)8(13-4)14-5/h5-8,10-12H,1-4H3/t5-,6-,7-,8+,9-/m1/s1. The maximum Gasteiger partial charge on any atom is 0.186 e. The number of likely N-dealkylation sites (N-methyl/N-ethyl adjacent to an activating group) is 1. The zero-order chi connectivity index (χ0) is 10.9. The zero-order valence-electron chi connectivity index (χ0n) is 9.02. The molecule has 0 radical (unpaired) electrons. The molecule has 5 heteroatoms. The molecular formula is C9H19NO4. The number of hydrogen-bond donors (Lipinski definition) is 3. The summed E-state index contributed by atoms with van der Waals surface area (Å²) in [6, 6.07) is -0.316. The summed E-state index contributed by atoms with van der Waals surface area (Å²) >= 11 is 0. The van der Waals surface area contributed by atoms with Gasteiger partial charge in [0.1, 0.15) is 11.7 Å². The van der Waals surface area contributed by atoms with Crippen LogP contribution in [-0.4, -0.2) is 54.5 Å². The molecule has 1 fully saturated rings. The molecule has 0 saturated carbocycles. The molecule has 0 aliphatic carbocycles. The lowest BCUT2D eigenvalue weighted by Gasteiger charge is -2.47. The first-order valence-corrected chi connectivity index (χ1v) is 4.71. The van der Waals surface area contributed by atoms with E-state index in [2.05, 4.69) is 5.32 Å². The second-order valence-corrected chi connectivity index (χ2v) is 3.88. The molecule has 5 nitrogen and oxygen atoms in total. The number of ether oxygens (including phenoxy) is 2. The lowest BCUT2D eigenvalue weighted by molar-refractivity contribution is -0.290. The molecule has 0 amide bonds. The number of aliphatic hydroxyl groups excluding tert-OH is 1. The highest BCUT2D eigenvalue weighted by Crippen LogP contribution is 2.29. The van der Waals surface area contributed by atoms with Gasteiger partial charge in [-0.05, 0) is 20.9 Å². The average Bonchev–Trinajstić information content (AvgIpc) is 2.12. The monoisotopic (exact) mass is 205 g/mol. The van der Waals surface area contributed by atoms with Gasteiger partial charge >= 0.3 is 0 Å². The summed E-state index contributed by atoms with van der Waals surface area (Å²) in [4.78, 5) is 0. The Morgan fingerprint density at radius 2 is 2.07 bits per heavy atom. The summed E-state index contributed by atoms with van der Waals surface area (Å²) in [6.07, 6.45) is -2.05. The van der Waals surface area contributed by atoms with E-state index in [4.69, 9.17) is 9.47 Å². The van der Waals surface area contributed by atoms with Crippen LogP contribution in [-0.2, 0) is 9.47 Å². The molecule has 1 aliphatic heterocycles. The lowest BCUT2D eigenvalue weighted by Crippen LogP contribution is -2.68. The summed E-state index contributed by atoms with van der Waals surface area (Å²) in [7, 11) is 3.16. The van der Waals surface area contributed by atoms with Gasteiger partial charge in [-0.1, -0.05) is 0 Å². The number of aliphatic hydroxyl groups is 2. The smallest absolute Gasteiger partial charge is 0.186 e. The molecule has 0 aromatic heterocycles. The van der Waals surface area contributed by atoms with Crippen LogP contribution in [0.4, 0.5) is 0 Å². The van der Waals surface area contributed by atoms with Crippen molar-refractivity contribution >= 4 is 0 Å². The lowest BCUT2D eigenvalue weighted by atomic mass is 9.84. The molecule has 1 saturated heterocycles. The Bertz CT molecular complexity index is 197. The largest absolute Gasteiger partial charge is 0.386 e. The molecule has 1 rings (SSSR count). The number of rotatable bonds is 2. The van der Waals surface area contributed by atoms with E-state index < -0.39 is 18.0 Å². The highest BCUT2D eigenvalue weighted by atomic mass is 16.7. The number of nitrogens with one attached hydrogen (secondary N) is 1. The van der Waals surface area contributed by atoms with Crippen LogP contribution in [0.1, 0.15) is 13.8 Å². The van der Waals surface area contributed by atoms with Crippen molar-refractivity contribution in [3.63, 3.8) is 0 Å². The Morgan fingerprint density at radius 3 is 2.50 bits per heavy atom. The van der Waals surface area contributed by atoms with Crippen molar-refractivity contribution in [2.45, 2.75) is 44.0 Å². The number of hydrogen-bond acceptors (Lipinski definition) is 5. The first-order valence-electron chi connectivity index (χ1n) is 4.71. The van der Waals surface area contributed by atoms with E-state index in [0.717, 1.165) is 0 Å². The third-order valence-corrected chi connectivity index (χ3v) is 2.85. The zero-order valence-corrected chi connectivity index (χ0v) is 9.02. The SMILES string of the molecule is CN[C@@H]1[C@@H](C)O[C@H](OC)[C@@H](O)[C@]1(C)O. The van der Waals surface area contributed by atoms with Crippen LogP contribution in [0.2, 0.25) is 0 Å². The average molecular weight is 205 g/mol. The van der Waals surface area contributed by atoms with E-state index in [0.29, 0.717) is 0 Å². The Kier molecular flexibility index (Phi) is 3.49. The van der Waals surface area contributed by atoms with Crippen molar-refractivity contribution < 1.29 is 19.7 Å². The van der Waals surface area contributed by atoms with E-state index in [1.54, 1.807) is 14.0 Å². The van der Waals surface area contributed by atoms with Crippen molar-refractivity contribution in [2.75, 3.05) is 14.2 Å². The third-order valence-electron chi connectivity index (χ3n) is 2.85. The van der Waals surface area contributed by atoms with Gasteiger partial charge in [0, 0.05) is 7.11 Å². The van der Waals surface area contributed by atoms with Crippen LogP contribution in [0.25, 0.3) is 0 Å². The van der Waals surface area contributed by atoms with Crippen molar-refractivity contribution in [2.24, 2.45) is 0 Å². The molecule has 5 atom stereocenters. The van der Waals surface area contributed by atoms with Crippen LogP contribution in [0, 0.1) is 0 Å². The highest BCUT2D eigenvalue weighted by Gasteiger charge is 2.50. The summed E-state index contributed by atoms with van der Waals surface area (Å²) in [5, 5.41) is 22.8. The van der Waals surface area contributed by atoms with E-state index in [1.165, 1.54) is 7.11 Å². The van der Waals surface area contributed by atoms with E-state index in [9.17, 15) is 10.2 Å². The van der Waals surface area contributed by atoms with Crippen LogP contribution in [0.5, 0.6) is 0 Å². The van der Waals surface area contributed by atoms with E-state index in [-0.39, 0.29) is 12.1 Å². The molecule has 0 aromatic carbocycles. The van der Waals surface area contributed by atoms with Crippen LogP contribution in [0.15, 0.2) is 0 Å². The van der Waals surface area contributed by atoms with E-state index >= 15 is 0 Å². The van der Waals surface area contributed by atoms with Gasteiger partial charge in [0.25, 0.3) is 0 Å². The van der Waals surface area contributed by atoms with Crippen molar-refractivity contribution in [3.05, 3.63) is 0 Å². The maximum atomic E-state index is 10.1. The van der Waals surface area contributed by atoms with Gasteiger partial charge in [0.05, 0.1) is 12.1 Å². The van der Waals surface area contributed by atoms with Gasteiger partial charge < -0.3 is 25.0 Å². The Morgan fingerprint density at radius 1 is 1.50 bits per heavy atom. The van der Waals surface area contributed by atoms with Crippen molar-refractivity contribution in [1.29, 1.82) is 0 Å². The maximum absolute atomic E-state index is 10.1. The minimum Gasteiger partial charge on any atom is -0.386 e. The number of methoxy groups -OCH3 is 1. The summed E-state index contributed by atoms with van der Waals surface area (Å²) < 4.78 is 10.3. The molecule has 1 heterocycles. The predicted octanol–water partition coefficient (Wildman–Crippen LogP) is -0.922. The Balaban J connectivity index is 2.85. The van der Waals surface area contributed by atoms with Crippen molar-refractivity contribution in [1.82, 2.24) is 5.32 Å². The Hall–Kier alpha value is -0.200. The van der Waals surface area contributed by atoms with Gasteiger partial charge in [-0.2, -0.15) is 0 Å². The summed E-state index contributed by atoms with van der Waals surface area (Å²) in [5.74, 6) is 0. The van der Waals surface area contributed by atoms with Gasteiger partial charge in [0.15, 0.2) is 6.29 Å². The molecule has 0 bridgehead atoms. The third kappa shape index (κ3) is 1.78.